The first-order valence-corrected chi connectivity index (χ1v) is 7.75. The Morgan fingerprint density at radius 2 is 2.10 bits per heavy atom. The van der Waals surface area contributed by atoms with Gasteiger partial charge in [-0.25, -0.2) is 4.79 Å². The minimum absolute atomic E-state index is 0.106. The third-order valence-electron chi connectivity index (χ3n) is 3.49. The molecule has 1 saturated carbocycles. The van der Waals surface area contributed by atoms with Crippen LogP contribution in [0.3, 0.4) is 0 Å². The van der Waals surface area contributed by atoms with Gasteiger partial charge in [0.05, 0.1) is 0 Å². The number of carbonyl (C=O) groups is 1. The van der Waals surface area contributed by atoms with Crippen LogP contribution < -0.4 is 16.4 Å². The van der Waals surface area contributed by atoms with Gasteiger partial charge in [0.2, 0.25) is 0 Å². The number of carbonyl (C=O) groups excluding carboxylic acids is 1. The van der Waals surface area contributed by atoms with Gasteiger partial charge >= 0.3 is 6.09 Å². The molecule has 1 amide bonds. The Balaban J connectivity index is 2.13. The monoisotopic (exact) mass is 285 g/mol. The van der Waals surface area contributed by atoms with Gasteiger partial charge in [-0.05, 0) is 59.9 Å². The first kappa shape index (κ1) is 17.2. The molecule has 3 unspecified atom stereocenters. The summed E-state index contributed by atoms with van der Waals surface area (Å²) in [5.41, 5.74) is 5.52. The van der Waals surface area contributed by atoms with Gasteiger partial charge in [-0.2, -0.15) is 0 Å². The number of nitrogens with two attached hydrogens (primary N) is 1. The van der Waals surface area contributed by atoms with Crippen molar-refractivity contribution in [3.8, 4) is 0 Å². The van der Waals surface area contributed by atoms with Gasteiger partial charge < -0.3 is 21.1 Å². The first-order chi connectivity index (χ1) is 9.26. The minimum atomic E-state index is -0.444. The van der Waals surface area contributed by atoms with Gasteiger partial charge in [-0.1, -0.05) is 6.42 Å². The highest BCUT2D eigenvalue weighted by atomic mass is 16.6. The summed E-state index contributed by atoms with van der Waals surface area (Å²) in [5.74, 6) is 0. The van der Waals surface area contributed by atoms with E-state index in [4.69, 9.17) is 10.5 Å². The van der Waals surface area contributed by atoms with Crippen molar-refractivity contribution in [2.24, 2.45) is 5.73 Å². The molecule has 1 aliphatic rings. The predicted molar refractivity (Wildman–Crippen MR) is 81.7 cm³/mol. The van der Waals surface area contributed by atoms with Crippen LogP contribution in [-0.2, 0) is 4.74 Å². The van der Waals surface area contributed by atoms with Gasteiger partial charge in [-0.15, -0.1) is 0 Å². The molecule has 0 aromatic heterocycles. The molecule has 0 radical (unpaired) electrons. The summed E-state index contributed by atoms with van der Waals surface area (Å²) in [7, 11) is 0. The van der Waals surface area contributed by atoms with Crippen LogP contribution >= 0.6 is 0 Å². The van der Waals surface area contributed by atoms with Gasteiger partial charge in [0.15, 0.2) is 0 Å². The van der Waals surface area contributed by atoms with Gasteiger partial charge in [0, 0.05) is 18.1 Å². The number of hydrogen-bond donors (Lipinski definition) is 3. The lowest BCUT2D eigenvalue weighted by Crippen LogP contribution is -2.42. The topological polar surface area (TPSA) is 76.4 Å². The second-order valence-electron chi connectivity index (χ2n) is 6.91. The van der Waals surface area contributed by atoms with Crippen molar-refractivity contribution in [3.05, 3.63) is 0 Å². The maximum Gasteiger partial charge on any atom is 0.407 e. The fourth-order valence-corrected chi connectivity index (χ4v) is 2.50. The Morgan fingerprint density at radius 3 is 2.70 bits per heavy atom. The Morgan fingerprint density at radius 1 is 1.40 bits per heavy atom. The van der Waals surface area contributed by atoms with E-state index in [2.05, 4.69) is 10.6 Å². The molecule has 0 aliphatic heterocycles. The van der Waals surface area contributed by atoms with E-state index in [1.807, 2.05) is 27.7 Å². The lowest BCUT2D eigenvalue weighted by molar-refractivity contribution is 0.0506. The first-order valence-electron chi connectivity index (χ1n) is 7.75. The highest BCUT2D eigenvalue weighted by Gasteiger charge is 2.20. The lowest BCUT2D eigenvalue weighted by atomic mass is 9.91. The minimum Gasteiger partial charge on any atom is -0.444 e. The zero-order valence-electron chi connectivity index (χ0n) is 13.4. The molecule has 0 heterocycles. The summed E-state index contributed by atoms with van der Waals surface area (Å²) < 4.78 is 5.23. The molecule has 0 spiro atoms. The number of amides is 1. The van der Waals surface area contributed by atoms with Crippen molar-refractivity contribution in [2.45, 2.75) is 83.5 Å². The smallest absolute Gasteiger partial charge is 0.407 e. The summed E-state index contributed by atoms with van der Waals surface area (Å²) in [6, 6.07) is 0.987. The molecule has 20 heavy (non-hydrogen) atoms. The predicted octanol–water partition coefficient (Wildman–Crippen LogP) is 2.15. The van der Waals surface area contributed by atoms with Crippen molar-refractivity contribution >= 4 is 6.09 Å². The summed E-state index contributed by atoms with van der Waals surface area (Å²) in [6.45, 7) is 8.49. The van der Waals surface area contributed by atoms with Gasteiger partial charge in [0.1, 0.15) is 5.60 Å². The van der Waals surface area contributed by atoms with Crippen LogP contribution in [-0.4, -0.2) is 36.4 Å². The van der Waals surface area contributed by atoms with Crippen molar-refractivity contribution in [3.63, 3.8) is 0 Å². The van der Waals surface area contributed by atoms with E-state index in [0.717, 1.165) is 25.8 Å². The molecular formula is C15H31N3O2. The zero-order chi connectivity index (χ0) is 15.2. The van der Waals surface area contributed by atoms with Crippen LogP contribution in [0, 0.1) is 0 Å². The summed E-state index contributed by atoms with van der Waals surface area (Å²) in [4.78, 5) is 11.6. The van der Waals surface area contributed by atoms with E-state index in [-0.39, 0.29) is 12.1 Å². The molecule has 5 heteroatoms. The zero-order valence-corrected chi connectivity index (χ0v) is 13.4. The lowest BCUT2D eigenvalue weighted by Gasteiger charge is -2.28. The summed E-state index contributed by atoms with van der Waals surface area (Å²) in [6.07, 6.45) is 5.18. The molecule has 4 N–H and O–H groups in total. The van der Waals surface area contributed by atoms with Crippen molar-refractivity contribution < 1.29 is 9.53 Å². The van der Waals surface area contributed by atoms with E-state index >= 15 is 0 Å². The van der Waals surface area contributed by atoms with E-state index in [1.54, 1.807) is 0 Å². The molecule has 118 valence electrons. The Labute approximate surface area is 123 Å². The van der Waals surface area contributed by atoms with Crippen LogP contribution in [0.15, 0.2) is 0 Å². The SMILES string of the molecule is CC(CCNC1CCCC(N)C1)NC(=O)OC(C)(C)C. The molecule has 1 fully saturated rings. The highest BCUT2D eigenvalue weighted by molar-refractivity contribution is 5.67. The number of hydrogen-bond acceptors (Lipinski definition) is 4. The average Bonchev–Trinajstić information content (AvgIpc) is 2.25. The summed E-state index contributed by atoms with van der Waals surface area (Å²) >= 11 is 0. The number of rotatable bonds is 5. The quantitative estimate of drug-likeness (QED) is 0.723. The second-order valence-corrected chi connectivity index (χ2v) is 6.91. The van der Waals surface area contributed by atoms with Gasteiger partial charge in [-0.3, -0.25) is 0 Å². The molecule has 1 aliphatic carbocycles. The van der Waals surface area contributed by atoms with E-state index in [9.17, 15) is 4.79 Å². The van der Waals surface area contributed by atoms with E-state index in [0.29, 0.717) is 12.1 Å². The van der Waals surface area contributed by atoms with Crippen LogP contribution in [0.2, 0.25) is 0 Å². The molecule has 0 saturated heterocycles. The molecule has 0 aromatic rings. The third kappa shape index (κ3) is 7.70. The second kappa shape index (κ2) is 7.84. The maximum atomic E-state index is 11.6. The molecule has 0 aromatic carbocycles. The highest BCUT2D eigenvalue weighted by Crippen LogP contribution is 2.16. The Kier molecular flexibility index (Phi) is 6.76. The number of alkyl carbamates (subject to hydrolysis) is 1. The van der Waals surface area contributed by atoms with Crippen molar-refractivity contribution in [2.75, 3.05) is 6.54 Å². The van der Waals surface area contributed by atoms with Crippen molar-refractivity contribution in [1.82, 2.24) is 10.6 Å². The van der Waals surface area contributed by atoms with Crippen molar-refractivity contribution in [1.29, 1.82) is 0 Å². The van der Waals surface area contributed by atoms with Gasteiger partial charge in [0.25, 0.3) is 0 Å². The summed E-state index contributed by atoms with van der Waals surface area (Å²) in [5, 5.41) is 6.39. The molecule has 0 bridgehead atoms. The molecule has 5 nitrogen and oxygen atoms in total. The number of ether oxygens (including phenoxy) is 1. The fraction of sp³-hybridized carbons (Fsp3) is 0.933. The number of nitrogens with one attached hydrogen (secondary N) is 2. The average molecular weight is 285 g/mol. The largest absolute Gasteiger partial charge is 0.444 e. The standard InChI is InChI=1S/C15H31N3O2/c1-11(18-14(19)20-15(2,3)4)8-9-17-13-7-5-6-12(16)10-13/h11-13,17H,5-10,16H2,1-4H3,(H,18,19). The Bertz CT molecular complexity index is 302. The molecular weight excluding hydrogens is 254 g/mol. The van der Waals surface area contributed by atoms with E-state index < -0.39 is 5.60 Å². The van der Waals surface area contributed by atoms with E-state index in [1.165, 1.54) is 12.8 Å². The van der Waals surface area contributed by atoms with Crippen LogP contribution in [0.1, 0.15) is 59.8 Å². The normalized spacial score (nSPS) is 25.1. The van der Waals surface area contributed by atoms with Crippen LogP contribution in [0.4, 0.5) is 4.79 Å². The maximum absolute atomic E-state index is 11.6. The third-order valence-corrected chi connectivity index (χ3v) is 3.49. The molecule has 3 atom stereocenters. The fourth-order valence-electron chi connectivity index (χ4n) is 2.50. The van der Waals surface area contributed by atoms with Crippen LogP contribution in [0.5, 0.6) is 0 Å². The van der Waals surface area contributed by atoms with Crippen LogP contribution in [0.25, 0.3) is 0 Å². The Hall–Kier alpha value is -0.810. The molecule has 1 rings (SSSR count).